The van der Waals surface area contributed by atoms with E-state index in [1.54, 1.807) is 17.0 Å². The highest BCUT2D eigenvalue weighted by molar-refractivity contribution is 9.10. The van der Waals surface area contributed by atoms with Crippen molar-refractivity contribution in [3.05, 3.63) is 34.1 Å². The maximum Gasteiger partial charge on any atom is 0.224 e. The number of carbonyl (C=O) groups is 1. The van der Waals surface area contributed by atoms with Crippen molar-refractivity contribution in [3.8, 4) is 0 Å². The van der Waals surface area contributed by atoms with Crippen molar-refractivity contribution in [3.63, 3.8) is 0 Å². The second-order valence-corrected chi connectivity index (χ2v) is 7.14. The Kier molecular flexibility index (Phi) is 8.75. The molecule has 0 radical (unpaired) electrons. The van der Waals surface area contributed by atoms with Crippen LogP contribution in [0.5, 0.6) is 0 Å². The molecule has 0 aromatic heterocycles. The first-order chi connectivity index (χ1) is 10.1. The molecular weight excluding hydrogens is 391 g/mol. The summed E-state index contributed by atoms with van der Waals surface area (Å²) in [7, 11) is 0. The summed E-state index contributed by atoms with van der Waals surface area (Å²) in [6.07, 6.45) is 0.483. The fraction of sp³-hybridized carbons (Fsp3) is 0.533. The van der Waals surface area contributed by atoms with Crippen LogP contribution in [0.15, 0.2) is 22.7 Å². The van der Waals surface area contributed by atoms with E-state index in [-0.39, 0.29) is 30.2 Å². The van der Waals surface area contributed by atoms with Crippen LogP contribution in [0.4, 0.5) is 4.39 Å². The fourth-order valence-electron chi connectivity index (χ4n) is 2.34. The topological polar surface area (TPSA) is 32.3 Å². The number of amides is 1. The van der Waals surface area contributed by atoms with E-state index in [4.69, 9.17) is 0 Å². The number of hydrogen-bond acceptors (Lipinski definition) is 3. The van der Waals surface area contributed by atoms with Gasteiger partial charge in [-0.3, -0.25) is 4.79 Å². The van der Waals surface area contributed by atoms with E-state index in [1.165, 1.54) is 6.07 Å². The standard InChI is InChI=1S/C15H20BrFN2OS.ClH/c1-2-19(9-11-7-12(16)3-4-14(11)17)15(20)8-13-10-21-6-5-18-13;/h3-4,7,13,18H,2,5-6,8-10H2,1H3;1H. The molecular formula is C15H21BrClFN2OS. The lowest BCUT2D eigenvalue weighted by Crippen LogP contribution is -2.42. The first-order valence-electron chi connectivity index (χ1n) is 7.13. The highest BCUT2D eigenvalue weighted by Crippen LogP contribution is 2.18. The number of rotatable bonds is 5. The van der Waals surface area contributed by atoms with Crippen molar-refractivity contribution in [1.82, 2.24) is 10.2 Å². The van der Waals surface area contributed by atoms with Crippen molar-refractivity contribution in [2.75, 3.05) is 24.6 Å². The summed E-state index contributed by atoms with van der Waals surface area (Å²) in [5.74, 6) is 1.88. The molecule has 0 aliphatic carbocycles. The van der Waals surface area contributed by atoms with Crippen LogP contribution >= 0.6 is 40.1 Å². The average Bonchev–Trinajstić information content (AvgIpc) is 2.49. The third-order valence-electron chi connectivity index (χ3n) is 3.52. The maximum atomic E-state index is 13.8. The molecule has 124 valence electrons. The summed E-state index contributed by atoms with van der Waals surface area (Å²) >= 11 is 5.22. The molecule has 1 aromatic carbocycles. The molecule has 1 aliphatic heterocycles. The normalized spacial score (nSPS) is 17.7. The summed E-state index contributed by atoms with van der Waals surface area (Å²) in [6.45, 7) is 3.79. The average molecular weight is 412 g/mol. The second-order valence-electron chi connectivity index (χ2n) is 5.07. The molecule has 0 spiro atoms. The summed E-state index contributed by atoms with van der Waals surface area (Å²) < 4.78 is 14.6. The number of hydrogen-bond donors (Lipinski definition) is 1. The third kappa shape index (κ3) is 5.72. The van der Waals surface area contributed by atoms with Crippen molar-refractivity contribution < 1.29 is 9.18 Å². The Balaban J connectivity index is 0.00000242. The van der Waals surface area contributed by atoms with E-state index in [0.717, 1.165) is 22.5 Å². The summed E-state index contributed by atoms with van der Waals surface area (Å²) in [5.41, 5.74) is 0.547. The number of halogens is 3. The van der Waals surface area contributed by atoms with E-state index < -0.39 is 0 Å². The van der Waals surface area contributed by atoms with Gasteiger partial charge in [0.2, 0.25) is 5.91 Å². The summed E-state index contributed by atoms with van der Waals surface area (Å²) in [5, 5.41) is 3.36. The maximum absolute atomic E-state index is 13.8. The lowest BCUT2D eigenvalue weighted by atomic mass is 10.1. The van der Waals surface area contributed by atoms with Crippen LogP contribution in [0.1, 0.15) is 18.9 Å². The van der Waals surface area contributed by atoms with Crippen molar-refractivity contribution >= 4 is 46.0 Å². The molecule has 3 nitrogen and oxygen atoms in total. The van der Waals surface area contributed by atoms with Crippen LogP contribution in [0.2, 0.25) is 0 Å². The molecule has 1 atom stereocenters. The molecule has 7 heteroatoms. The van der Waals surface area contributed by atoms with Gasteiger partial charge < -0.3 is 10.2 Å². The first-order valence-corrected chi connectivity index (χ1v) is 9.07. The van der Waals surface area contributed by atoms with Gasteiger partial charge in [0, 0.05) is 53.6 Å². The lowest BCUT2D eigenvalue weighted by Gasteiger charge is -2.27. The van der Waals surface area contributed by atoms with Crippen LogP contribution in [0.3, 0.4) is 0 Å². The lowest BCUT2D eigenvalue weighted by molar-refractivity contribution is -0.132. The van der Waals surface area contributed by atoms with E-state index in [9.17, 15) is 9.18 Å². The molecule has 2 rings (SSSR count). The molecule has 1 unspecified atom stereocenters. The van der Waals surface area contributed by atoms with Gasteiger partial charge in [-0.25, -0.2) is 4.39 Å². The van der Waals surface area contributed by atoms with Crippen LogP contribution in [0, 0.1) is 5.82 Å². The van der Waals surface area contributed by atoms with E-state index in [2.05, 4.69) is 21.2 Å². The molecule has 1 amide bonds. The molecule has 1 aromatic rings. The molecule has 0 saturated carbocycles. The van der Waals surface area contributed by atoms with E-state index in [0.29, 0.717) is 25.1 Å². The van der Waals surface area contributed by atoms with Crippen LogP contribution in [0.25, 0.3) is 0 Å². The third-order valence-corrected chi connectivity index (χ3v) is 5.15. The highest BCUT2D eigenvalue weighted by atomic mass is 79.9. The Morgan fingerprint density at radius 2 is 2.32 bits per heavy atom. The quantitative estimate of drug-likeness (QED) is 0.805. The zero-order valence-corrected chi connectivity index (χ0v) is 15.7. The molecule has 0 bridgehead atoms. The van der Waals surface area contributed by atoms with Crippen molar-refractivity contribution in [1.29, 1.82) is 0 Å². The predicted molar refractivity (Wildman–Crippen MR) is 96.2 cm³/mol. The largest absolute Gasteiger partial charge is 0.338 e. The highest BCUT2D eigenvalue weighted by Gasteiger charge is 2.21. The number of nitrogens with zero attached hydrogens (tertiary/aromatic N) is 1. The Labute approximate surface area is 149 Å². The Hall–Kier alpha value is -0.300. The number of nitrogens with one attached hydrogen (secondary N) is 1. The van der Waals surface area contributed by atoms with Gasteiger partial charge in [-0.1, -0.05) is 15.9 Å². The summed E-state index contributed by atoms with van der Waals surface area (Å²) in [4.78, 5) is 14.1. The van der Waals surface area contributed by atoms with Crippen molar-refractivity contribution in [2.24, 2.45) is 0 Å². The minimum Gasteiger partial charge on any atom is -0.338 e. The second kappa shape index (κ2) is 9.75. The number of carbonyl (C=O) groups excluding carboxylic acids is 1. The molecule has 1 aliphatic rings. The number of thioether (sulfide) groups is 1. The van der Waals surface area contributed by atoms with Crippen molar-refractivity contribution in [2.45, 2.75) is 25.9 Å². The molecule has 1 N–H and O–H groups in total. The predicted octanol–water partition coefficient (Wildman–Crippen LogP) is 3.45. The van der Waals surface area contributed by atoms with E-state index >= 15 is 0 Å². The van der Waals surface area contributed by atoms with Crippen LogP contribution in [-0.2, 0) is 11.3 Å². The smallest absolute Gasteiger partial charge is 0.224 e. The zero-order chi connectivity index (χ0) is 15.2. The van der Waals surface area contributed by atoms with Crippen LogP contribution < -0.4 is 5.32 Å². The monoisotopic (exact) mass is 410 g/mol. The first kappa shape index (κ1) is 19.7. The molecule has 1 saturated heterocycles. The Bertz CT molecular complexity index is 500. The van der Waals surface area contributed by atoms with Gasteiger partial charge in [-0.2, -0.15) is 11.8 Å². The van der Waals surface area contributed by atoms with Gasteiger partial charge >= 0.3 is 0 Å². The summed E-state index contributed by atoms with van der Waals surface area (Å²) in [6, 6.07) is 5.06. The van der Waals surface area contributed by atoms with Gasteiger partial charge in [-0.05, 0) is 25.1 Å². The SMILES string of the molecule is CCN(Cc1cc(Br)ccc1F)C(=O)CC1CSCCN1.Cl. The van der Waals surface area contributed by atoms with Crippen LogP contribution in [-0.4, -0.2) is 41.4 Å². The minimum atomic E-state index is -0.268. The molecule has 22 heavy (non-hydrogen) atoms. The molecule has 1 heterocycles. The van der Waals surface area contributed by atoms with Gasteiger partial charge in [-0.15, -0.1) is 12.4 Å². The van der Waals surface area contributed by atoms with Gasteiger partial charge in [0.15, 0.2) is 0 Å². The van der Waals surface area contributed by atoms with E-state index in [1.807, 2.05) is 18.7 Å². The Morgan fingerprint density at radius 3 is 2.95 bits per heavy atom. The minimum absolute atomic E-state index is 0. The van der Waals surface area contributed by atoms with Gasteiger partial charge in [0.1, 0.15) is 5.82 Å². The zero-order valence-electron chi connectivity index (χ0n) is 12.5. The Morgan fingerprint density at radius 1 is 1.55 bits per heavy atom. The van der Waals surface area contributed by atoms with Gasteiger partial charge in [0.25, 0.3) is 0 Å². The molecule has 1 fully saturated rings. The van der Waals surface area contributed by atoms with Gasteiger partial charge in [0.05, 0.1) is 0 Å². The fourth-order valence-corrected chi connectivity index (χ4v) is 3.69. The number of benzene rings is 1.